The summed E-state index contributed by atoms with van der Waals surface area (Å²) >= 11 is 0. The van der Waals surface area contributed by atoms with Crippen molar-refractivity contribution in [3.63, 3.8) is 0 Å². The number of aromatic nitrogens is 2. The van der Waals surface area contributed by atoms with E-state index in [0.29, 0.717) is 23.9 Å². The molecule has 2 N–H and O–H groups in total. The number of nitrogens with one attached hydrogen (secondary N) is 1. The largest absolute Gasteiger partial charge is 0.497 e. The van der Waals surface area contributed by atoms with Crippen molar-refractivity contribution in [3.8, 4) is 22.8 Å². The van der Waals surface area contributed by atoms with Crippen molar-refractivity contribution in [2.75, 3.05) is 45.9 Å². The van der Waals surface area contributed by atoms with Gasteiger partial charge < -0.3 is 34.9 Å². The number of aliphatic hydroxyl groups is 1. The molecule has 1 fully saturated rings. The van der Waals surface area contributed by atoms with Gasteiger partial charge in [-0.05, 0) is 53.9 Å². The lowest BCUT2D eigenvalue weighted by Gasteiger charge is -2.21. The summed E-state index contributed by atoms with van der Waals surface area (Å²) in [5.74, 6) is 2.68. The molecule has 0 saturated carbocycles. The fourth-order valence-corrected chi connectivity index (χ4v) is 3.44. The first kappa shape index (κ1) is 20.2. The lowest BCUT2D eigenvalue weighted by molar-refractivity contribution is 0.195. The second-order valence-corrected chi connectivity index (χ2v) is 7.03. The predicted molar refractivity (Wildman–Crippen MR) is 116 cm³/mol. The number of ether oxygens (including phenoxy) is 3. The summed E-state index contributed by atoms with van der Waals surface area (Å²) in [6, 6.07) is 9.79. The van der Waals surface area contributed by atoms with Crippen LogP contribution in [0.4, 0.5) is 11.6 Å². The maximum absolute atomic E-state index is 9.27. The van der Waals surface area contributed by atoms with E-state index < -0.39 is 0 Å². The summed E-state index contributed by atoms with van der Waals surface area (Å²) in [6.45, 7) is 1.66. The quantitative estimate of drug-likeness (QED) is 0.587. The molecular weight excluding hydrogens is 384 g/mol. The SMILES string of the molecule is COc1cc(OC)cc(-c2cc3cnc(NC4CCOC4)cc3c([N-]CCO)n2)c1. The van der Waals surface area contributed by atoms with Gasteiger partial charge in [-0.2, -0.15) is 0 Å². The first-order valence-corrected chi connectivity index (χ1v) is 9.87. The van der Waals surface area contributed by atoms with Crippen LogP contribution in [0.25, 0.3) is 27.3 Å². The van der Waals surface area contributed by atoms with E-state index in [-0.39, 0.29) is 19.2 Å². The predicted octanol–water partition coefficient (Wildman–Crippen LogP) is 3.51. The molecule has 4 rings (SSSR count). The maximum atomic E-state index is 9.27. The van der Waals surface area contributed by atoms with Crippen LogP contribution in [0.1, 0.15) is 6.42 Å². The Labute approximate surface area is 175 Å². The third-order valence-corrected chi connectivity index (χ3v) is 4.98. The van der Waals surface area contributed by atoms with Crippen molar-refractivity contribution < 1.29 is 19.3 Å². The van der Waals surface area contributed by atoms with Crippen LogP contribution >= 0.6 is 0 Å². The van der Waals surface area contributed by atoms with Gasteiger partial charge in [0.25, 0.3) is 0 Å². The highest BCUT2D eigenvalue weighted by Gasteiger charge is 2.16. The van der Waals surface area contributed by atoms with Gasteiger partial charge in [0.1, 0.15) is 17.3 Å². The molecule has 3 aromatic rings. The van der Waals surface area contributed by atoms with Gasteiger partial charge >= 0.3 is 0 Å². The normalized spacial score (nSPS) is 15.9. The number of benzene rings is 1. The van der Waals surface area contributed by atoms with E-state index in [9.17, 15) is 5.11 Å². The number of fused-ring (bicyclic) bond motifs is 1. The Morgan fingerprint density at radius 3 is 2.63 bits per heavy atom. The van der Waals surface area contributed by atoms with E-state index in [1.165, 1.54) is 0 Å². The summed E-state index contributed by atoms with van der Waals surface area (Å²) in [6.07, 6.45) is 2.77. The zero-order valence-electron chi connectivity index (χ0n) is 17.1. The average Bonchev–Trinajstić information content (AvgIpc) is 3.30. The minimum Gasteiger partial charge on any atom is -0.497 e. The Bertz CT molecular complexity index is 999. The van der Waals surface area contributed by atoms with Gasteiger partial charge in [-0.25, -0.2) is 4.98 Å². The van der Waals surface area contributed by atoms with Gasteiger partial charge in [-0.3, -0.25) is 0 Å². The van der Waals surface area contributed by atoms with E-state index >= 15 is 0 Å². The van der Waals surface area contributed by atoms with Crippen molar-refractivity contribution in [2.45, 2.75) is 12.5 Å². The van der Waals surface area contributed by atoms with Gasteiger partial charge in [0.2, 0.25) is 0 Å². The van der Waals surface area contributed by atoms with Crippen LogP contribution in [0, 0.1) is 0 Å². The minimum absolute atomic E-state index is 0.0456. The second kappa shape index (κ2) is 9.15. The highest BCUT2D eigenvalue weighted by molar-refractivity contribution is 5.96. The molecule has 2 aromatic heterocycles. The lowest BCUT2D eigenvalue weighted by atomic mass is 10.1. The van der Waals surface area contributed by atoms with E-state index in [4.69, 9.17) is 19.2 Å². The Kier molecular flexibility index (Phi) is 6.15. The van der Waals surface area contributed by atoms with Crippen molar-refractivity contribution in [1.29, 1.82) is 0 Å². The average molecular weight is 409 g/mol. The number of anilines is 1. The van der Waals surface area contributed by atoms with Crippen LogP contribution in [0.15, 0.2) is 36.5 Å². The zero-order chi connectivity index (χ0) is 20.9. The fourth-order valence-electron chi connectivity index (χ4n) is 3.44. The molecule has 1 aliphatic heterocycles. The molecule has 3 heterocycles. The lowest BCUT2D eigenvalue weighted by Crippen LogP contribution is -2.19. The number of hydrogen-bond donors (Lipinski definition) is 2. The van der Waals surface area contributed by atoms with Crippen LogP contribution in [-0.4, -0.2) is 61.7 Å². The smallest absolute Gasteiger partial charge is 0.126 e. The maximum Gasteiger partial charge on any atom is 0.126 e. The van der Waals surface area contributed by atoms with Crippen LogP contribution in [0.3, 0.4) is 0 Å². The summed E-state index contributed by atoms with van der Waals surface area (Å²) in [7, 11) is 3.23. The molecule has 1 saturated heterocycles. The molecule has 0 aliphatic carbocycles. The van der Waals surface area contributed by atoms with Crippen LogP contribution in [-0.2, 0) is 4.74 Å². The van der Waals surface area contributed by atoms with E-state index in [1.807, 2.05) is 36.5 Å². The van der Waals surface area contributed by atoms with E-state index in [1.54, 1.807) is 14.2 Å². The summed E-state index contributed by atoms with van der Waals surface area (Å²) < 4.78 is 16.2. The molecule has 1 aromatic carbocycles. The molecule has 1 atom stereocenters. The molecular formula is C22H25N4O4-. The highest BCUT2D eigenvalue weighted by Crippen LogP contribution is 2.35. The molecule has 8 heteroatoms. The molecule has 1 unspecified atom stereocenters. The van der Waals surface area contributed by atoms with Gasteiger partial charge in [0.05, 0.1) is 26.9 Å². The molecule has 0 spiro atoms. The van der Waals surface area contributed by atoms with Crippen LogP contribution < -0.4 is 14.8 Å². The number of hydrogen-bond acceptors (Lipinski definition) is 7. The van der Waals surface area contributed by atoms with Gasteiger partial charge in [0.15, 0.2) is 0 Å². The Morgan fingerprint density at radius 1 is 1.17 bits per heavy atom. The number of pyridine rings is 2. The Hall–Kier alpha value is -3.10. The van der Waals surface area contributed by atoms with Crippen molar-refractivity contribution >= 4 is 22.4 Å². The van der Waals surface area contributed by atoms with Gasteiger partial charge in [-0.1, -0.05) is 5.82 Å². The zero-order valence-corrected chi connectivity index (χ0v) is 17.1. The summed E-state index contributed by atoms with van der Waals surface area (Å²) in [5.41, 5.74) is 1.57. The second-order valence-electron chi connectivity index (χ2n) is 7.03. The summed E-state index contributed by atoms with van der Waals surface area (Å²) in [4.78, 5) is 9.32. The molecule has 1 aliphatic rings. The van der Waals surface area contributed by atoms with Crippen molar-refractivity contribution in [3.05, 3.63) is 41.8 Å². The van der Waals surface area contributed by atoms with E-state index in [2.05, 4.69) is 15.6 Å². The number of methoxy groups -OCH3 is 2. The molecule has 0 amide bonds. The third kappa shape index (κ3) is 4.39. The van der Waals surface area contributed by atoms with Crippen molar-refractivity contribution in [1.82, 2.24) is 9.97 Å². The van der Waals surface area contributed by atoms with E-state index in [0.717, 1.165) is 40.9 Å². The minimum atomic E-state index is -0.0456. The standard InChI is InChI=1S/C22H25N4O4/c1-28-17-7-14(8-18(10-17)29-2)20-9-15-12-24-21(25-16-3-6-30-13-16)11-19(15)22(26-20)23-4-5-27/h7-12,16,27H,3-6,13H2,1-2H3,(H-,23,24,25,26)/q-1. The molecule has 8 nitrogen and oxygen atoms in total. The highest BCUT2D eigenvalue weighted by atomic mass is 16.5. The molecule has 30 heavy (non-hydrogen) atoms. The van der Waals surface area contributed by atoms with Gasteiger partial charge in [-0.15, -0.1) is 0 Å². The van der Waals surface area contributed by atoms with Crippen LogP contribution in [0.5, 0.6) is 11.5 Å². The Morgan fingerprint density at radius 2 is 1.97 bits per heavy atom. The fraction of sp³-hybridized carbons (Fsp3) is 0.364. The number of nitrogens with zero attached hydrogens (tertiary/aromatic N) is 3. The van der Waals surface area contributed by atoms with Gasteiger partial charge in [0, 0.05) is 30.9 Å². The first-order valence-electron chi connectivity index (χ1n) is 9.87. The third-order valence-electron chi connectivity index (χ3n) is 4.98. The molecule has 158 valence electrons. The van der Waals surface area contributed by atoms with Crippen LogP contribution in [0.2, 0.25) is 0 Å². The number of rotatable bonds is 8. The first-order chi connectivity index (χ1) is 14.7. The number of aliphatic hydroxyl groups excluding tert-OH is 1. The summed E-state index contributed by atoms with van der Waals surface area (Å²) in [5, 5.41) is 19.0. The molecule has 0 bridgehead atoms. The Balaban J connectivity index is 1.76. The van der Waals surface area contributed by atoms with Crippen molar-refractivity contribution in [2.24, 2.45) is 0 Å². The molecule has 0 radical (unpaired) electrons. The topological polar surface area (TPSA) is 99.8 Å². The monoisotopic (exact) mass is 409 g/mol.